The highest BCUT2D eigenvalue weighted by atomic mass is 35.5. The van der Waals surface area contributed by atoms with Crippen molar-refractivity contribution in [1.29, 1.82) is 0 Å². The molecule has 29 heavy (non-hydrogen) atoms. The van der Waals surface area contributed by atoms with Crippen LogP contribution in [0.15, 0.2) is 42.6 Å². The van der Waals surface area contributed by atoms with E-state index in [1.165, 1.54) is 12.1 Å². The van der Waals surface area contributed by atoms with Gasteiger partial charge in [0.1, 0.15) is 5.75 Å². The quantitative estimate of drug-likeness (QED) is 0.638. The van der Waals surface area contributed by atoms with Gasteiger partial charge >= 0.3 is 0 Å². The van der Waals surface area contributed by atoms with Crippen molar-refractivity contribution in [3.63, 3.8) is 0 Å². The topological polar surface area (TPSA) is 76.6 Å². The molecule has 150 valence electrons. The zero-order valence-corrected chi connectivity index (χ0v) is 17.0. The summed E-state index contributed by atoms with van der Waals surface area (Å²) in [5.41, 5.74) is 1.57. The second-order valence-electron chi connectivity index (χ2n) is 6.97. The number of phenolic OH excluding ortho intramolecular Hbond substituents is 1. The fraction of sp³-hybridized carbons (Fsp3) is 0.238. The van der Waals surface area contributed by atoms with Crippen LogP contribution in [0.3, 0.4) is 0 Å². The van der Waals surface area contributed by atoms with E-state index in [-0.39, 0.29) is 33.2 Å². The second-order valence-corrected chi connectivity index (χ2v) is 7.81. The van der Waals surface area contributed by atoms with Crippen LogP contribution in [-0.4, -0.2) is 57.9 Å². The monoisotopic (exact) mass is 431 g/mol. The molecule has 4 rings (SSSR count). The molecule has 0 unspecified atom stereocenters. The van der Waals surface area contributed by atoms with Crippen molar-refractivity contribution in [1.82, 2.24) is 14.8 Å². The van der Waals surface area contributed by atoms with E-state index in [0.29, 0.717) is 38.2 Å². The Morgan fingerprint density at radius 1 is 0.966 bits per heavy atom. The summed E-state index contributed by atoms with van der Waals surface area (Å²) in [6.07, 6.45) is 2.36. The van der Waals surface area contributed by atoms with E-state index < -0.39 is 0 Å². The number of H-pyrrole nitrogens is 1. The van der Waals surface area contributed by atoms with Crippen molar-refractivity contribution >= 4 is 45.9 Å². The van der Waals surface area contributed by atoms with Crippen molar-refractivity contribution in [3.8, 4) is 5.75 Å². The Morgan fingerprint density at radius 3 is 2.38 bits per heavy atom. The lowest BCUT2D eigenvalue weighted by Crippen LogP contribution is -2.37. The number of rotatable bonds is 2. The minimum Gasteiger partial charge on any atom is -0.507 e. The van der Waals surface area contributed by atoms with Gasteiger partial charge in [0, 0.05) is 48.3 Å². The predicted molar refractivity (Wildman–Crippen MR) is 113 cm³/mol. The highest BCUT2D eigenvalue weighted by Gasteiger charge is 2.27. The van der Waals surface area contributed by atoms with Crippen molar-refractivity contribution < 1.29 is 14.7 Å². The van der Waals surface area contributed by atoms with Crippen LogP contribution in [0.25, 0.3) is 10.9 Å². The van der Waals surface area contributed by atoms with Gasteiger partial charge < -0.3 is 19.9 Å². The number of amides is 2. The van der Waals surface area contributed by atoms with Crippen molar-refractivity contribution in [2.45, 2.75) is 6.42 Å². The molecule has 1 fully saturated rings. The zero-order chi connectivity index (χ0) is 20.5. The molecule has 0 spiro atoms. The van der Waals surface area contributed by atoms with E-state index in [4.69, 9.17) is 23.2 Å². The number of phenols is 1. The van der Waals surface area contributed by atoms with Gasteiger partial charge in [-0.3, -0.25) is 9.59 Å². The molecule has 1 saturated heterocycles. The number of para-hydroxylation sites is 1. The lowest BCUT2D eigenvalue weighted by Gasteiger charge is -2.23. The molecule has 2 aromatic carbocycles. The Balaban J connectivity index is 1.51. The lowest BCUT2D eigenvalue weighted by atomic mass is 10.1. The zero-order valence-electron chi connectivity index (χ0n) is 15.5. The number of aromatic hydroxyl groups is 1. The Bertz CT molecular complexity index is 1070. The number of halogens is 2. The molecule has 0 radical (unpaired) electrons. The fourth-order valence-electron chi connectivity index (χ4n) is 3.67. The molecule has 0 saturated carbocycles. The van der Waals surface area contributed by atoms with Crippen LogP contribution in [0.4, 0.5) is 0 Å². The molecule has 2 heterocycles. The minimum absolute atomic E-state index is 0.0347. The van der Waals surface area contributed by atoms with E-state index in [1.54, 1.807) is 16.0 Å². The highest BCUT2D eigenvalue weighted by Crippen LogP contribution is 2.31. The van der Waals surface area contributed by atoms with Gasteiger partial charge in [-0.15, -0.1) is 0 Å². The average molecular weight is 432 g/mol. The van der Waals surface area contributed by atoms with E-state index in [0.717, 1.165) is 10.9 Å². The summed E-state index contributed by atoms with van der Waals surface area (Å²) in [6.45, 7) is 1.76. The number of carbonyl (C=O) groups is 2. The standard InChI is InChI=1S/C21H19Cl2N3O3/c22-13-10-16(23)19(18(27)11-13)21(29)26-7-3-6-25(8-9-26)20(28)15-12-24-17-5-2-1-4-14(15)17/h1-2,4-5,10-12,24,27H,3,6-9H2. The normalized spacial score (nSPS) is 14.8. The Morgan fingerprint density at radius 2 is 1.66 bits per heavy atom. The summed E-state index contributed by atoms with van der Waals surface area (Å²) in [4.78, 5) is 32.5. The maximum absolute atomic E-state index is 13.0. The van der Waals surface area contributed by atoms with Crippen LogP contribution in [0.2, 0.25) is 10.0 Å². The number of fused-ring (bicyclic) bond motifs is 1. The van der Waals surface area contributed by atoms with E-state index in [9.17, 15) is 14.7 Å². The summed E-state index contributed by atoms with van der Waals surface area (Å²) >= 11 is 12.0. The first-order chi connectivity index (χ1) is 14.0. The third kappa shape index (κ3) is 3.78. The number of hydrogen-bond donors (Lipinski definition) is 2. The molecule has 1 aliphatic rings. The maximum atomic E-state index is 13.0. The number of aromatic amines is 1. The number of nitrogens with one attached hydrogen (secondary N) is 1. The third-order valence-corrected chi connectivity index (χ3v) is 5.65. The van der Waals surface area contributed by atoms with E-state index in [2.05, 4.69) is 4.98 Å². The van der Waals surface area contributed by atoms with Crippen molar-refractivity contribution in [2.24, 2.45) is 0 Å². The SMILES string of the molecule is O=C(c1c(O)cc(Cl)cc1Cl)N1CCCN(C(=O)c2c[nH]c3ccccc23)CC1. The molecule has 2 amide bonds. The molecule has 1 aliphatic heterocycles. The molecule has 0 bridgehead atoms. The van der Waals surface area contributed by atoms with Crippen LogP contribution in [0.5, 0.6) is 5.75 Å². The van der Waals surface area contributed by atoms with Crippen LogP contribution >= 0.6 is 23.2 Å². The van der Waals surface area contributed by atoms with Gasteiger partial charge in [0.15, 0.2) is 0 Å². The highest BCUT2D eigenvalue weighted by molar-refractivity contribution is 6.37. The number of carbonyl (C=O) groups excluding carboxylic acids is 2. The number of aromatic nitrogens is 1. The van der Waals surface area contributed by atoms with Crippen molar-refractivity contribution in [3.05, 3.63) is 63.8 Å². The van der Waals surface area contributed by atoms with Crippen LogP contribution < -0.4 is 0 Å². The van der Waals surface area contributed by atoms with Gasteiger partial charge in [0.2, 0.25) is 0 Å². The van der Waals surface area contributed by atoms with E-state index in [1.807, 2.05) is 24.3 Å². The minimum atomic E-state index is -0.370. The molecular formula is C21H19Cl2N3O3. The number of nitrogens with zero attached hydrogens (tertiary/aromatic N) is 2. The van der Waals surface area contributed by atoms with Gasteiger partial charge in [-0.1, -0.05) is 41.4 Å². The molecule has 8 heteroatoms. The molecule has 6 nitrogen and oxygen atoms in total. The van der Waals surface area contributed by atoms with Gasteiger partial charge in [-0.05, 0) is 24.6 Å². The fourth-order valence-corrected chi connectivity index (χ4v) is 4.24. The maximum Gasteiger partial charge on any atom is 0.259 e. The predicted octanol–water partition coefficient (Wildman–Crippen LogP) is 4.17. The first kappa shape index (κ1) is 19.6. The first-order valence-corrected chi connectivity index (χ1v) is 10.0. The van der Waals surface area contributed by atoms with Crippen LogP contribution in [-0.2, 0) is 0 Å². The Hall–Kier alpha value is -2.70. The van der Waals surface area contributed by atoms with Crippen LogP contribution in [0.1, 0.15) is 27.1 Å². The van der Waals surface area contributed by atoms with E-state index >= 15 is 0 Å². The van der Waals surface area contributed by atoms with Gasteiger partial charge in [-0.2, -0.15) is 0 Å². The molecule has 3 aromatic rings. The van der Waals surface area contributed by atoms with Gasteiger partial charge in [0.25, 0.3) is 11.8 Å². The van der Waals surface area contributed by atoms with Crippen LogP contribution in [0, 0.1) is 0 Å². The summed E-state index contributed by atoms with van der Waals surface area (Å²) in [7, 11) is 0. The Labute approximate surface area is 177 Å². The molecule has 0 atom stereocenters. The first-order valence-electron chi connectivity index (χ1n) is 9.28. The molecule has 1 aromatic heterocycles. The van der Waals surface area contributed by atoms with Gasteiger partial charge in [0.05, 0.1) is 16.1 Å². The summed E-state index contributed by atoms with van der Waals surface area (Å²) < 4.78 is 0. The third-order valence-electron chi connectivity index (χ3n) is 5.14. The smallest absolute Gasteiger partial charge is 0.259 e. The average Bonchev–Trinajstić information content (AvgIpc) is 2.95. The summed E-state index contributed by atoms with van der Waals surface area (Å²) in [6, 6.07) is 10.4. The second kappa shape index (κ2) is 7.97. The lowest BCUT2D eigenvalue weighted by molar-refractivity contribution is 0.0718. The molecule has 2 N–H and O–H groups in total. The summed E-state index contributed by atoms with van der Waals surface area (Å²) in [5, 5.41) is 11.4. The largest absolute Gasteiger partial charge is 0.507 e. The number of benzene rings is 2. The molecular weight excluding hydrogens is 413 g/mol. The molecule has 0 aliphatic carbocycles. The summed E-state index contributed by atoms with van der Waals surface area (Å²) in [5.74, 6) is -0.682. The van der Waals surface area contributed by atoms with Crippen molar-refractivity contribution in [2.75, 3.05) is 26.2 Å². The Kier molecular flexibility index (Phi) is 5.39. The number of hydrogen-bond acceptors (Lipinski definition) is 3. The van der Waals surface area contributed by atoms with Gasteiger partial charge in [-0.25, -0.2) is 0 Å².